The van der Waals surface area contributed by atoms with Gasteiger partial charge >= 0.3 is 0 Å². The second-order valence-corrected chi connectivity index (χ2v) is 4.10. The lowest BCUT2D eigenvalue weighted by Gasteiger charge is -2.22. The second-order valence-electron chi connectivity index (χ2n) is 3.03. The predicted molar refractivity (Wildman–Crippen MR) is 63.8 cm³/mol. The van der Waals surface area contributed by atoms with Gasteiger partial charge in [0, 0.05) is 0 Å². The molecular formula is C9H16N4S. The molecular weight excluding hydrogens is 196 g/mol. The highest BCUT2D eigenvalue weighted by atomic mass is 32.2. The molecule has 0 aromatic rings. The first-order valence-corrected chi connectivity index (χ1v) is 5.44. The molecule has 1 aliphatic rings. The normalized spacial score (nSPS) is 23.2. The molecule has 0 radical (unpaired) electrons. The minimum Gasteiger partial charge on any atom is -0.302 e. The van der Waals surface area contributed by atoms with E-state index in [2.05, 4.69) is 27.4 Å². The average molecular weight is 212 g/mol. The largest absolute Gasteiger partial charge is 0.302 e. The van der Waals surface area contributed by atoms with E-state index in [-0.39, 0.29) is 11.4 Å². The molecule has 4 nitrogen and oxygen atoms in total. The number of likely N-dealkylation sites (N-methyl/N-ethyl adjacent to an activating group) is 1. The molecule has 14 heavy (non-hydrogen) atoms. The van der Waals surface area contributed by atoms with Gasteiger partial charge < -0.3 is 5.32 Å². The fraction of sp³-hybridized carbons (Fsp3) is 0.556. The molecule has 1 heterocycles. The molecule has 0 spiro atoms. The fourth-order valence-electron chi connectivity index (χ4n) is 1.06. The van der Waals surface area contributed by atoms with Gasteiger partial charge in [0.1, 0.15) is 11.2 Å². The van der Waals surface area contributed by atoms with Gasteiger partial charge in [-0.1, -0.05) is 6.58 Å². The molecule has 0 bridgehead atoms. The van der Waals surface area contributed by atoms with Crippen molar-refractivity contribution >= 4 is 23.3 Å². The standard InChI is InChI=1S/C9H16N4S/c1-5-14-9(10-4)8-11-6(2)7(3)12-13-8/h5-6,9-10H,1H2,2-4H3,(H,11,13). The maximum Gasteiger partial charge on any atom is 0.146 e. The lowest BCUT2D eigenvalue weighted by molar-refractivity contribution is 0.795. The van der Waals surface area contributed by atoms with E-state index in [4.69, 9.17) is 0 Å². The van der Waals surface area contributed by atoms with E-state index in [1.165, 1.54) is 0 Å². The van der Waals surface area contributed by atoms with Crippen molar-refractivity contribution in [1.82, 2.24) is 10.7 Å². The van der Waals surface area contributed by atoms with Gasteiger partial charge in [-0.3, -0.25) is 10.4 Å². The lowest BCUT2D eigenvalue weighted by Crippen LogP contribution is -2.42. The first kappa shape index (κ1) is 11.3. The SMILES string of the molecule is C=CSC(NC)C1=NC(C)C(C)=NN1. The second kappa shape index (κ2) is 5.17. The van der Waals surface area contributed by atoms with Crippen LogP contribution >= 0.6 is 11.8 Å². The smallest absolute Gasteiger partial charge is 0.146 e. The van der Waals surface area contributed by atoms with Crippen LogP contribution in [0.25, 0.3) is 0 Å². The number of nitrogens with zero attached hydrogens (tertiary/aromatic N) is 2. The van der Waals surface area contributed by atoms with Crippen LogP contribution in [-0.4, -0.2) is 30.0 Å². The molecule has 0 aliphatic carbocycles. The Labute approximate surface area is 88.9 Å². The molecule has 2 atom stereocenters. The highest BCUT2D eigenvalue weighted by Gasteiger charge is 2.18. The van der Waals surface area contributed by atoms with Crippen molar-refractivity contribution in [3.05, 3.63) is 12.0 Å². The van der Waals surface area contributed by atoms with E-state index in [0.29, 0.717) is 0 Å². The van der Waals surface area contributed by atoms with E-state index in [0.717, 1.165) is 11.5 Å². The Morgan fingerprint density at radius 1 is 1.71 bits per heavy atom. The summed E-state index contributed by atoms with van der Waals surface area (Å²) in [5.74, 6) is 0.857. The molecule has 1 aliphatic heterocycles. The van der Waals surface area contributed by atoms with Crippen molar-refractivity contribution < 1.29 is 0 Å². The van der Waals surface area contributed by atoms with Crippen molar-refractivity contribution in [1.29, 1.82) is 0 Å². The summed E-state index contributed by atoms with van der Waals surface area (Å²) < 4.78 is 0. The van der Waals surface area contributed by atoms with Crippen LogP contribution in [0.5, 0.6) is 0 Å². The van der Waals surface area contributed by atoms with Crippen LogP contribution in [-0.2, 0) is 0 Å². The molecule has 0 saturated heterocycles. The number of thioether (sulfide) groups is 1. The summed E-state index contributed by atoms with van der Waals surface area (Å²) in [6.45, 7) is 7.68. The summed E-state index contributed by atoms with van der Waals surface area (Å²) in [6.07, 6.45) is 0. The summed E-state index contributed by atoms with van der Waals surface area (Å²) in [5, 5.41) is 9.23. The molecule has 0 saturated carbocycles. The number of nitrogens with one attached hydrogen (secondary N) is 2. The predicted octanol–water partition coefficient (Wildman–Crippen LogP) is 1.17. The number of amidine groups is 1. The molecule has 78 valence electrons. The quantitative estimate of drug-likeness (QED) is 0.688. The van der Waals surface area contributed by atoms with E-state index in [1.807, 2.05) is 20.9 Å². The van der Waals surface area contributed by atoms with Crippen LogP contribution in [0, 0.1) is 0 Å². The Kier molecular flexibility index (Phi) is 4.16. The number of hydrazone groups is 1. The van der Waals surface area contributed by atoms with Crippen molar-refractivity contribution in [2.45, 2.75) is 25.3 Å². The molecule has 2 unspecified atom stereocenters. The highest BCUT2D eigenvalue weighted by molar-refractivity contribution is 8.03. The number of hydrogen-bond donors (Lipinski definition) is 2. The Bertz CT molecular complexity index is 272. The Hall–Kier alpha value is -0.810. The Balaban J connectivity index is 2.69. The van der Waals surface area contributed by atoms with Gasteiger partial charge in [0.2, 0.25) is 0 Å². The van der Waals surface area contributed by atoms with Crippen LogP contribution < -0.4 is 10.7 Å². The van der Waals surface area contributed by atoms with Crippen LogP contribution in [0.15, 0.2) is 22.1 Å². The summed E-state index contributed by atoms with van der Waals surface area (Å²) in [7, 11) is 1.89. The van der Waals surface area contributed by atoms with Crippen LogP contribution in [0.2, 0.25) is 0 Å². The monoisotopic (exact) mass is 212 g/mol. The topological polar surface area (TPSA) is 48.8 Å². The third-order valence-corrected chi connectivity index (χ3v) is 2.95. The molecule has 0 aromatic heterocycles. The number of aliphatic imine (C=N–C) groups is 1. The van der Waals surface area contributed by atoms with E-state index in [9.17, 15) is 0 Å². The van der Waals surface area contributed by atoms with Gasteiger partial charge in [0.25, 0.3) is 0 Å². The highest BCUT2D eigenvalue weighted by Crippen LogP contribution is 2.12. The van der Waals surface area contributed by atoms with Crippen molar-refractivity contribution in [2.75, 3.05) is 7.05 Å². The van der Waals surface area contributed by atoms with Gasteiger partial charge in [-0.25, -0.2) is 0 Å². The van der Waals surface area contributed by atoms with Crippen LogP contribution in [0.4, 0.5) is 0 Å². The summed E-state index contributed by atoms with van der Waals surface area (Å²) >= 11 is 1.58. The van der Waals surface area contributed by atoms with Gasteiger partial charge in [-0.05, 0) is 26.3 Å². The zero-order chi connectivity index (χ0) is 10.6. The molecule has 0 fully saturated rings. The van der Waals surface area contributed by atoms with Gasteiger partial charge in [-0.2, -0.15) is 5.10 Å². The number of hydrogen-bond acceptors (Lipinski definition) is 5. The zero-order valence-electron chi connectivity index (χ0n) is 8.74. The zero-order valence-corrected chi connectivity index (χ0v) is 9.56. The van der Waals surface area contributed by atoms with E-state index < -0.39 is 0 Å². The molecule has 0 aromatic carbocycles. The first-order valence-electron chi connectivity index (χ1n) is 4.50. The average Bonchev–Trinajstić information content (AvgIpc) is 2.19. The van der Waals surface area contributed by atoms with Crippen LogP contribution in [0.1, 0.15) is 13.8 Å². The maximum atomic E-state index is 4.50. The molecule has 5 heteroatoms. The van der Waals surface area contributed by atoms with Crippen molar-refractivity contribution in [3.8, 4) is 0 Å². The third kappa shape index (κ3) is 2.59. The molecule has 2 N–H and O–H groups in total. The molecule has 1 rings (SSSR count). The summed E-state index contributed by atoms with van der Waals surface area (Å²) in [6, 6.07) is 0.160. The van der Waals surface area contributed by atoms with Crippen molar-refractivity contribution in [2.24, 2.45) is 10.1 Å². The van der Waals surface area contributed by atoms with Gasteiger partial charge in [0.15, 0.2) is 0 Å². The molecule has 0 amide bonds. The Morgan fingerprint density at radius 3 is 2.93 bits per heavy atom. The van der Waals surface area contributed by atoms with Gasteiger partial charge in [-0.15, -0.1) is 11.8 Å². The maximum absolute atomic E-state index is 4.50. The van der Waals surface area contributed by atoms with Crippen LogP contribution in [0.3, 0.4) is 0 Å². The Morgan fingerprint density at radius 2 is 2.43 bits per heavy atom. The third-order valence-electron chi connectivity index (χ3n) is 2.03. The fourth-order valence-corrected chi connectivity index (χ4v) is 1.63. The minimum absolute atomic E-state index is 0.104. The number of rotatable bonds is 4. The summed E-state index contributed by atoms with van der Waals surface area (Å²) in [5.41, 5.74) is 3.95. The first-order chi connectivity index (χ1) is 6.69. The van der Waals surface area contributed by atoms with Gasteiger partial charge in [0.05, 0.1) is 11.8 Å². The van der Waals surface area contributed by atoms with E-state index in [1.54, 1.807) is 17.2 Å². The minimum atomic E-state index is 0.104. The van der Waals surface area contributed by atoms with Crippen molar-refractivity contribution in [3.63, 3.8) is 0 Å². The van der Waals surface area contributed by atoms with E-state index >= 15 is 0 Å². The lowest BCUT2D eigenvalue weighted by atomic mass is 10.2. The summed E-state index contributed by atoms with van der Waals surface area (Å²) in [4.78, 5) is 4.50.